The number of anilines is 1. The number of aliphatic carboxylic acids is 1. The Kier molecular flexibility index (Phi) is 5.50. The minimum atomic E-state index is -4.62. The molecule has 2 rings (SSSR count). The van der Waals surface area contributed by atoms with Crippen LogP contribution in [0.15, 0.2) is 18.2 Å². The Bertz CT molecular complexity index is 781. The van der Waals surface area contributed by atoms with E-state index in [-0.39, 0.29) is 24.3 Å². The van der Waals surface area contributed by atoms with Gasteiger partial charge in [0.25, 0.3) is 0 Å². The first-order chi connectivity index (χ1) is 11.7. The molecule has 2 atom stereocenters. The van der Waals surface area contributed by atoms with E-state index in [9.17, 15) is 18.0 Å². The average Bonchev–Trinajstić information content (AvgIpc) is 2.50. The molecule has 10 nitrogen and oxygen atoms in total. The summed E-state index contributed by atoms with van der Waals surface area (Å²) in [6, 6.07) is 2.81. The molecule has 1 aromatic rings. The molecule has 2 unspecified atom stereocenters. The minimum Gasteiger partial charge on any atom is -0.494 e. The van der Waals surface area contributed by atoms with E-state index in [4.69, 9.17) is 15.6 Å². The molecule has 0 saturated heterocycles. The van der Waals surface area contributed by atoms with Crippen LogP contribution in [-0.2, 0) is 30.5 Å². The lowest BCUT2D eigenvalue weighted by Crippen LogP contribution is -2.52. The molecular formula is C14H19N3O7S. The number of hydrogen-bond donors (Lipinski definition) is 3. The fourth-order valence-corrected chi connectivity index (χ4v) is 3.55. The van der Waals surface area contributed by atoms with Gasteiger partial charge in [-0.05, 0) is 18.6 Å². The Morgan fingerprint density at radius 2 is 2.24 bits per heavy atom. The molecule has 0 aromatic heterocycles. The van der Waals surface area contributed by atoms with Gasteiger partial charge < -0.3 is 19.8 Å². The van der Waals surface area contributed by atoms with Crippen molar-refractivity contribution in [2.75, 3.05) is 11.5 Å². The van der Waals surface area contributed by atoms with Crippen LogP contribution in [0.25, 0.3) is 0 Å². The number of carboxylic acids is 1. The number of nitrogens with two attached hydrogens (primary N) is 1. The molecule has 1 aliphatic heterocycles. The lowest BCUT2D eigenvalue weighted by Gasteiger charge is -2.31. The number of nitrogens with one attached hydrogen (secondary N) is 1. The second kappa shape index (κ2) is 7.25. The van der Waals surface area contributed by atoms with Gasteiger partial charge in [-0.15, -0.1) is 0 Å². The van der Waals surface area contributed by atoms with Crippen LogP contribution in [0.2, 0.25) is 0 Å². The maximum absolute atomic E-state index is 12.5. The van der Waals surface area contributed by atoms with Crippen molar-refractivity contribution in [3.05, 3.63) is 23.8 Å². The largest absolute Gasteiger partial charge is 0.494 e. The normalized spacial score (nSPS) is 20.7. The number of para-hydroxylation sites is 1. The SMILES string of the molecule is COc1cccc2c1N(NC(C)CC(=O)O)S(=O)(=O)OC(=O)C(N)C2. The molecule has 0 aliphatic carbocycles. The summed E-state index contributed by atoms with van der Waals surface area (Å²) in [4.78, 5) is 22.7. The molecule has 0 spiro atoms. The van der Waals surface area contributed by atoms with E-state index in [0.717, 1.165) is 0 Å². The van der Waals surface area contributed by atoms with Gasteiger partial charge in [-0.3, -0.25) is 4.79 Å². The number of rotatable bonds is 5. The Morgan fingerprint density at radius 3 is 2.84 bits per heavy atom. The maximum atomic E-state index is 12.5. The zero-order valence-electron chi connectivity index (χ0n) is 13.6. The van der Waals surface area contributed by atoms with Gasteiger partial charge in [0.05, 0.1) is 13.5 Å². The van der Waals surface area contributed by atoms with Crippen molar-refractivity contribution in [2.45, 2.75) is 31.8 Å². The van der Waals surface area contributed by atoms with E-state index in [2.05, 4.69) is 9.61 Å². The van der Waals surface area contributed by atoms with Gasteiger partial charge in [0.1, 0.15) is 17.5 Å². The van der Waals surface area contributed by atoms with E-state index >= 15 is 0 Å². The lowest BCUT2D eigenvalue weighted by molar-refractivity contribution is -0.138. The fourth-order valence-electron chi connectivity index (χ4n) is 2.40. The van der Waals surface area contributed by atoms with Crippen LogP contribution < -0.4 is 20.3 Å². The van der Waals surface area contributed by atoms with E-state index in [0.29, 0.717) is 9.98 Å². The van der Waals surface area contributed by atoms with Crippen molar-refractivity contribution < 1.29 is 32.0 Å². The van der Waals surface area contributed by atoms with Gasteiger partial charge >= 0.3 is 22.2 Å². The number of benzene rings is 1. The Morgan fingerprint density at radius 1 is 1.56 bits per heavy atom. The number of hydrazine groups is 1. The highest BCUT2D eigenvalue weighted by atomic mass is 32.2. The molecule has 0 fully saturated rings. The summed E-state index contributed by atoms with van der Waals surface area (Å²) in [6.45, 7) is 1.48. The molecule has 0 bridgehead atoms. The van der Waals surface area contributed by atoms with Crippen molar-refractivity contribution in [1.29, 1.82) is 0 Å². The Labute approximate surface area is 144 Å². The van der Waals surface area contributed by atoms with Gasteiger partial charge in [0.2, 0.25) is 0 Å². The smallest absolute Gasteiger partial charge is 0.426 e. The maximum Gasteiger partial charge on any atom is 0.426 e. The minimum absolute atomic E-state index is 0.0202. The zero-order chi connectivity index (χ0) is 18.8. The third-order valence-corrected chi connectivity index (χ3v) is 4.59. The zero-order valence-corrected chi connectivity index (χ0v) is 14.4. The molecule has 1 heterocycles. The summed E-state index contributed by atoms with van der Waals surface area (Å²) < 4.78 is 35.4. The second-order valence-corrected chi connectivity index (χ2v) is 6.92. The fraction of sp³-hybridized carbons (Fsp3) is 0.429. The molecule has 25 heavy (non-hydrogen) atoms. The number of carboxylic acid groups (broad SMARTS) is 1. The predicted octanol–water partition coefficient (Wildman–Crippen LogP) is -0.459. The second-order valence-electron chi connectivity index (χ2n) is 5.53. The Balaban J connectivity index is 2.59. The standard InChI is InChI=1S/C14H19N3O7S/c1-8(6-12(18)19)16-17-13-9(4-3-5-11(13)23-2)7-10(15)14(20)24-25(17,21)22/h3-5,8,10,16H,6-7,15H2,1-2H3,(H,18,19). The highest BCUT2D eigenvalue weighted by molar-refractivity contribution is 7.88. The van der Waals surface area contributed by atoms with Crippen LogP contribution in [0.5, 0.6) is 5.75 Å². The third kappa shape index (κ3) is 4.18. The van der Waals surface area contributed by atoms with Crippen LogP contribution in [0, 0.1) is 0 Å². The van der Waals surface area contributed by atoms with E-state index in [1.807, 2.05) is 0 Å². The first-order valence-corrected chi connectivity index (χ1v) is 8.70. The van der Waals surface area contributed by atoms with Crippen molar-refractivity contribution in [1.82, 2.24) is 5.43 Å². The highest BCUT2D eigenvalue weighted by Crippen LogP contribution is 2.35. The molecule has 4 N–H and O–H groups in total. The van der Waals surface area contributed by atoms with E-state index in [1.54, 1.807) is 12.1 Å². The van der Waals surface area contributed by atoms with Gasteiger partial charge in [-0.25, -0.2) is 10.2 Å². The number of nitrogens with zero attached hydrogens (tertiary/aromatic N) is 1. The highest BCUT2D eigenvalue weighted by Gasteiger charge is 2.37. The molecule has 0 amide bonds. The number of carbonyl (C=O) groups excluding carboxylic acids is 1. The summed E-state index contributed by atoms with van der Waals surface area (Å²) in [5.74, 6) is -2.03. The van der Waals surface area contributed by atoms with Crippen LogP contribution in [0.3, 0.4) is 0 Å². The number of fused-ring (bicyclic) bond motifs is 1. The van der Waals surface area contributed by atoms with Crippen LogP contribution in [-0.4, -0.2) is 44.7 Å². The predicted molar refractivity (Wildman–Crippen MR) is 87.0 cm³/mol. The van der Waals surface area contributed by atoms with Crippen molar-refractivity contribution in [2.24, 2.45) is 5.73 Å². The number of hydrogen-bond acceptors (Lipinski definition) is 8. The lowest BCUT2D eigenvalue weighted by atomic mass is 10.0. The quantitative estimate of drug-likeness (QED) is 0.623. The number of methoxy groups -OCH3 is 1. The van der Waals surface area contributed by atoms with E-state index in [1.165, 1.54) is 20.1 Å². The molecule has 1 aromatic carbocycles. The molecule has 0 radical (unpaired) electrons. The monoisotopic (exact) mass is 373 g/mol. The molecule has 0 saturated carbocycles. The first kappa shape index (κ1) is 19.0. The molecular weight excluding hydrogens is 354 g/mol. The van der Waals surface area contributed by atoms with Crippen molar-refractivity contribution in [3.63, 3.8) is 0 Å². The van der Waals surface area contributed by atoms with Crippen LogP contribution in [0.4, 0.5) is 5.69 Å². The Hall–Kier alpha value is -2.37. The van der Waals surface area contributed by atoms with Crippen molar-refractivity contribution >= 4 is 27.9 Å². The topological polar surface area (TPSA) is 148 Å². The first-order valence-electron chi connectivity index (χ1n) is 7.33. The summed E-state index contributed by atoms with van der Waals surface area (Å²) >= 11 is 0. The number of ether oxygens (including phenoxy) is 1. The van der Waals surface area contributed by atoms with Gasteiger partial charge in [-0.2, -0.15) is 12.8 Å². The average molecular weight is 373 g/mol. The summed E-state index contributed by atoms with van der Waals surface area (Å²) in [5, 5.41) is 8.88. The van der Waals surface area contributed by atoms with Gasteiger partial charge in [0.15, 0.2) is 0 Å². The number of carbonyl (C=O) groups is 2. The van der Waals surface area contributed by atoms with Gasteiger partial charge in [0, 0.05) is 12.5 Å². The van der Waals surface area contributed by atoms with E-state index < -0.39 is 34.3 Å². The summed E-state index contributed by atoms with van der Waals surface area (Å²) in [6.07, 6.45) is -0.337. The molecule has 11 heteroatoms. The van der Waals surface area contributed by atoms with Gasteiger partial charge in [-0.1, -0.05) is 12.1 Å². The molecule has 1 aliphatic rings. The molecule has 138 valence electrons. The summed E-state index contributed by atoms with van der Waals surface area (Å²) in [7, 11) is -3.27. The third-order valence-electron chi connectivity index (χ3n) is 3.48. The van der Waals surface area contributed by atoms with Crippen molar-refractivity contribution in [3.8, 4) is 5.75 Å². The summed E-state index contributed by atoms with van der Waals surface area (Å²) in [5.41, 5.74) is 8.75. The van der Waals surface area contributed by atoms with Crippen LogP contribution >= 0.6 is 0 Å². The van der Waals surface area contributed by atoms with Crippen LogP contribution in [0.1, 0.15) is 18.9 Å².